The molecule has 0 aliphatic carbocycles. The van der Waals surface area contributed by atoms with Crippen LogP contribution in [-0.2, 0) is 4.74 Å². The van der Waals surface area contributed by atoms with Gasteiger partial charge >= 0.3 is 0 Å². The maximum absolute atomic E-state index is 13.0. The van der Waals surface area contributed by atoms with Gasteiger partial charge in [-0.15, -0.1) is 0 Å². The molecule has 0 atom stereocenters. The minimum Gasteiger partial charge on any atom is -0.464 e. The van der Waals surface area contributed by atoms with E-state index in [0.29, 0.717) is 6.61 Å². The van der Waals surface area contributed by atoms with Gasteiger partial charge in [-0.25, -0.2) is 8.78 Å². The highest BCUT2D eigenvalue weighted by atomic mass is 19.1. The topological polar surface area (TPSA) is 44.5 Å². The highest BCUT2D eigenvalue weighted by Gasteiger charge is 2.08. The van der Waals surface area contributed by atoms with Gasteiger partial charge in [-0.3, -0.25) is 0 Å². The molecule has 0 fully saturated rings. The third-order valence-electron chi connectivity index (χ3n) is 1.55. The van der Waals surface area contributed by atoms with E-state index in [1.54, 1.807) is 6.92 Å². The summed E-state index contributed by atoms with van der Waals surface area (Å²) >= 11 is 0. The molecule has 78 valence electrons. The zero-order chi connectivity index (χ0) is 10.6. The van der Waals surface area contributed by atoms with Crippen LogP contribution in [0, 0.1) is 11.6 Å². The van der Waals surface area contributed by atoms with Crippen molar-refractivity contribution in [2.24, 2.45) is 0 Å². The Kier molecular flexibility index (Phi) is 3.64. The van der Waals surface area contributed by atoms with Crippen LogP contribution in [0.15, 0.2) is 12.1 Å². The molecule has 0 heterocycles. The van der Waals surface area contributed by atoms with E-state index in [-0.39, 0.29) is 18.2 Å². The summed E-state index contributed by atoms with van der Waals surface area (Å²) in [5.74, 6) is -1.62. The summed E-state index contributed by atoms with van der Waals surface area (Å²) in [6, 6.07) is 1.76. The van der Waals surface area contributed by atoms with Gasteiger partial charge in [0, 0.05) is 18.7 Å². The normalized spacial score (nSPS) is 10.2. The molecule has 1 aromatic rings. The molecule has 1 rings (SSSR count). The zero-order valence-electron chi connectivity index (χ0n) is 7.72. The van der Waals surface area contributed by atoms with Crippen molar-refractivity contribution in [3.8, 4) is 5.75 Å². The second-order valence-corrected chi connectivity index (χ2v) is 2.56. The van der Waals surface area contributed by atoms with Crippen LogP contribution in [0.4, 0.5) is 14.5 Å². The Balaban J connectivity index is 2.72. The third kappa shape index (κ3) is 2.56. The SMILES string of the molecule is CCOCOc1cc(F)c(N)cc1F. The molecule has 14 heavy (non-hydrogen) atoms. The zero-order valence-corrected chi connectivity index (χ0v) is 7.72. The number of nitrogen functional groups attached to an aromatic ring is 1. The first-order valence-electron chi connectivity index (χ1n) is 4.10. The van der Waals surface area contributed by atoms with Crippen molar-refractivity contribution in [1.82, 2.24) is 0 Å². The molecule has 0 saturated carbocycles. The summed E-state index contributed by atoms with van der Waals surface area (Å²) < 4.78 is 35.5. The number of hydrogen-bond acceptors (Lipinski definition) is 3. The van der Waals surface area contributed by atoms with E-state index < -0.39 is 11.6 Å². The number of nitrogens with two attached hydrogens (primary N) is 1. The van der Waals surface area contributed by atoms with Gasteiger partial charge in [0.25, 0.3) is 0 Å². The summed E-state index contributed by atoms with van der Waals surface area (Å²) in [4.78, 5) is 0. The predicted octanol–water partition coefficient (Wildman–Crippen LogP) is 1.92. The van der Waals surface area contributed by atoms with Gasteiger partial charge in [-0.1, -0.05) is 0 Å². The van der Waals surface area contributed by atoms with E-state index in [1.165, 1.54) is 0 Å². The molecule has 0 aliphatic heterocycles. The third-order valence-corrected chi connectivity index (χ3v) is 1.55. The quantitative estimate of drug-likeness (QED) is 0.462. The first-order chi connectivity index (χ1) is 6.65. The molecule has 1 aromatic carbocycles. The van der Waals surface area contributed by atoms with Crippen LogP contribution in [0.1, 0.15) is 6.92 Å². The number of anilines is 1. The lowest BCUT2D eigenvalue weighted by Crippen LogP contribution is -2.04. The van der Waals surface area contributed by atoms with Gasteiger partial charge in [0.2, 0.25) is 0 Å². The summed E-state index contributed by atoms with van der Waals surface area (Å²) in [7, 11) is 0. The number of halogens is 2. The molecule has 2 N–H and O–H groups in total. The van der Waals surface area contributed by atoms with E-state index in [1.807, 2.05) is 0 Å². The van der Waals surface area contributed by atoms with Gasteiger partial charge in [-0.05, 0) is 6.92 Å². The number of hydrogen-bond donors (Lipinski definition) is 1. The molecule has 0 aliphatic rings. The van der Waals surface area contributed by atoms with Crippen LogP contribution >= 0.6 is 0 Å². The first kappa shape index (κ1) is 10.7. The monoisotopic (exact) mass is 203 g/mol. The number of rotatable bonds is 4. The Morgan fingerprint density at radius 1 is 1.29 bits per heavy atom. The van der Waals surface area contributed by atoms with Crippen LogP contribution in [0.5, 0.6) is 5.75 Å². The number of benzene rings is 1. The average molecular weight is 203 g/mol. The molecular formula is C9H11F2NO2. The lowest BCUT2D eigenvalue weighted by Gasteiger charge is -2.07. The van der Waals surface area contributed by atoms with Crippen LogP contribution < -0.4 is 10.5 Å². The summed E-state index contributed by atoms with van der Waals surface area (Å²) in [6.07, 6.45) is 0. The Labute approximate surface area is 80.4 Å². The van der Waals surface area contributed by atoms with Gasteiger partial charge in [0.15, 0.2) is 18.4 Å². The first-order valence-corrected chi connectivity index (χ1v) is 4.10. The Morgan fingerprint density at radius 2 is 2.00 bits per heavy atom. The summed E-state index contributed by atoms with van der Waals surface area (Å²) in [5.41, 5.74) is 4.90. The average Bonchev–Trinajstić information content (AvgIpc) is 2.14. The molecule has 0 radical (unpaired) electrons. The molecule has 0 bridgehead atoms. The van der Waals surface area contributed by atoms with Crippen molar-refractivity contribution in [2.45, 2.75) is 6.92 Å². The minimum absolute atomic E-state index is 0.114. The van der Waals surface area contributed by atoms with E-state index in [9.17, 15) is 8.78 Å². The van der Waals surface area contributed by atoms with Crippen molar-refractivity contribution in [3.05, 3.63) is 23.8 Å². The van der Waals surface area contributed by atoms with E-state index in [4.69, 9.17) is 15.2 Å². The van der Waals surface area contributed by atoms with Crippen molar-refractivity contribution in [1.29, 1.82) is 0 Å². The molecule has 0 unspecified atom stereocenters. The fraction of sp³-hybridized carbons (Fsp3) is 0.333. The predicted molar refractivity (Wildman–Crippen MR) is 47.9 cm³/mol. The highest BCUT2D eigenvalue weighted by Crippen LogP contribution is 2.22. The van der Waals surface area contributed by atoms with Gasteiger partial charge < -0.3 is 15.2 Å². The van der Waals surface area contributed by atoms with Crippen LogP contribution in [0.25, 0.3) is 0 Å². The molecule has 0 saturated heterocycles. The maximum atomic E-state index is 13.0. The van der Waals surface area contributed by atoms with Crippen LogP contribution in [-0.4, -0.2) is 13.4 Å². The fourth-order valence-corrected chi connectivity index (χ4v) is 0.843. The van der Waals surface area contributed by atoms with Crippen molar-refractivity contribution >= 4 is 5.69 Å². The van der Waals surface area contributed by atoms with Crippen LogP contribution in [0.2, 0.25) is 0 Å². The second-order valence-electron chi connectivity index (χ2n) is 2.56. The molecule has 3 nitrogen and oxygen atoms in total. The molecule has 0 amide bonds. The molecule has 0 spiro atoms. The summed E-state index contributed by atoms with van der Waals surface area (Å²) in [6.45, 7) is 2.10. The van der Waals surface area contributed by atoms with Gasteiger partial charge in [-0.2, -0.15) is 0 Å². The largest absolute Gasteiger partial charge is 0.464 e. The smallest absolute Gasteiger partial charge is 0.189 e. The fourth-order valence-electron chi connectivity index (χ4n) is 0.843. The van der Waals surface area contributed by atoms with Gasteiger partial charge in [0.1, 0.15) is 5.82 Å². The lowest BCUT2D eigenvalue weighted by molar-refractivity contribution is 0.0199. The Hall–Kier alpha value is -1.36. The number of ether oxygens (including phenoxy) is 2. The van der Waals surface area contributed by atoms with Crippen molar-refractivity contribution in [3.63, 3.8) is 0 Å². The maximum Gasteiger partial charge on any atom is 0.189 e. The molecule has 5 heteroatoms. The van der Waals surface area contributed by atoms with E-state index in [0.717, 1.165) is 12.1 Å². The Bertz CT molecular complexity index is 318. The molecular weight excluding hydrogens is 192 g/mol. The lowest BCUT2D eigenvalue weighted by atomic mass is 10.3. The highest BCUT2D eigenvalue weighted by molar-refractivity contribution is 5.44. The standard InChI is InChI=1S/C9H11F2NO2/c1-2-13-5-14-9-4-6(10)8(12)3-7(9)11/h3-4H,2,5,12H2,1H3. The summed E-state index contributed by atoms with van der Waals surface area (Å²) in [5, 5.41) is 0. The van der Waals surface area contributed by atoms with Gasteiger partial charge in [0.05, 0.1) is 5.69 Å². The Morgan fingerprint density at radius 3 is 2.64 bits per heavy atom. The molecule has 0 aromatic heterocycles. The minimum atomic E-state index is -0.710. The van der Waals surface area contributed by atoms with Crippen molar-refractivity contribution < 1.29 is 18.3 Å². The second kappa shape index (κ2) is 4.76. The van der Waals surface area contributed by atoms with Crippen LogP contribution in [0.3, 0.4) is 0 Å². The van der Waals surface area contributed by atoms with Crippen molar-refractivity contribution in [2.75, 3.05) is 19.1 Å². The van der Waals surface area contributed by atoms with E-state index >= 15 is 0 Å². The van der Waals surface area contributed by atoms with E-state index in [2.05, 4.69) is 0 Å².